The number of fused-ring (bicyclic) bond motifs is 2. The molecule has 0 bridgehead atoms. The van der Waals surface area contributed by atoms with Gasteiger partial charge in [0.25, 0.3) is 0 Å². The van der Waals surface area contributed by atoms with E-state index in [0.29, 0.717) is 23.7 Å². The molecule has 170 valence electrons. The van der Waals surface area contributed by atoms with E-state index < -0.39 is 12.3 Å². The number of benzene rings is 1. The molecule has 4 atom stereocenters. The van der Waals surface area contributed by atoms with Crippen molar-refractivity contribution in [1.29, 1.82) is 0 Å². The lowest BCUT2D eigenvalue weighted by molar-refractivity contribution is -0.141. The number of amides is 2. The van der Waals surface area contributed by atoms with Crippen molar-refractivity contribution >= 4 is 45.0 Å². The summed E-state index contributed by atoms with van der Waals surface area (Å²) in [5.41, 5.74) is 3.24. The molecule has 6 nitrogen and oxygen atoms in total. The number of rotatable bonds is 5. The van der Waals surface area contributed by atoms with E-state index in [1.165, 1.54) is 16.2 Å². The molecule has 33 heavy (non-hydrogen) atoms. The minimum absolute atomic E-state index is 0.0669. The molecule has 9 heteroatoms. The van der Waals surface area contributed by atoms with Crippen LogP contribution in [0.4, 0.5) is 4.39 Å². The van der Waals surface area contributed by atoms with Crippen molar-refractivity contribution in [3.05, 3.63) is 45.9 Å². The molecule has 3 aliphatic rings. The SMILES string of the molecule is Cc1cc(Cl)cc(-c2ccnc3cc(CN4C(=O)C5CC5C4=O)sc23)c1O[C@@H]1CNC[C@@H]1F. The number of carbonyl (C=O) groups is 2. The van der Waals surface area contributed by atoms with E-state index in [4.69, 9.17) is 16.3 Å². The number of nitrogens with one attached hydrogen (secondary N) is 1. The Morgan fingerprint density at radius 1 is 1.21 bits per heavy atom. The molecule has 1 aromatic carbocycles. The first-order chi connectivity index (χ1) is 15.9. The van der Waals surface area contributed by atoms with Crippen molar-refractivity contribution < 1.29 is 18.7 Å². The van der Waals surface area contributed by atoms with Crippen LogP contribution in [0.5, 0.6) is 5.75 Å². The largest absolute Gasteiger partial charge is 0.485 e. The number of thiophene rings is 1. The van der Waals surface area contributed by atoms with Crippen LogP contribution in [-0.2, 0) is 16.1 Å². The van der Waals surface area contributed by atoms with Crippen LogP contribution in [0.25, 0.3) is 21.3 Å². The summed E-state index contributed by atoms with van der Waals surface area (Å²) < 4.78 is 21.3. The predicted molar refractivity (Wildman–Crippen MR) is 124 cm³/mol. The molecule has 6 rings (SSSR count). The summed E-state index contributed by atoms with van der Waals surface area (Å²) in [6.07, 6.45) is 0.753. The molecule has 1 aliphatic carbocycles. The van der Waals surface area contributed by atoms with Crippen LogP contribution < -0.4 is 10.1 Å². The van der Waals surface area contributed by atoms with Crippen LogP contribution >= 0.6 is 22.9 Å². The first kappa shape index (κ1) is 21.0. The van der Waals surface area contributed by atoms with Crippen molar-refractivity contribution in [2.75, 3.05) is 13.1 Å². The van der Waals surface area contributed by atoms with Crippen LogP contribution in [0.2, 0.25) is 5.02 Å². The molecule has 1 saturated carbocycles. The lowest BCUT2D eigenvalue weighted by Gasteiger charge is -2.20. The standard InChI is InChI=1S/C24H21ClFN3O3S/c1-11-4-12(25)5-15(21(11)32-20-9-27-8-18(20)26)14-2-3-28-19-6-13(33-22(14)19)10-29-23(30)16-7-17(16)24(29)31/h2-6,16-18,20,27H,7-10H2,1H3/t16?,17?,18-,20+/m0/s1. The van der Waals surface area contributed by atoms with Crippen molar-refractivity contribution in [1.82, 2.24) is 15.2 Å². The summed E-state index contributed by atoms with van der Waals surface area (Å²) in [6, 6.07) is 7.45. The third kappa shape index (κ3) is 3.52. The number of likely N-dealkylation sites (tertiary alicyclic amines) is 1. The van der Waals surface area contributed by atoms with Gasteiger partial charge in [-0.25, -0.2) is 4.39 Å². The zero-order chi connectivity index (χ0) is 22.9. The maximum Gasteiger partial charge on any atom is 0.233 e. The van der Waals surface area contributed by atoms with Gasteiger partial charge >= 0.3 is 0 Å². The zero-order valence-corrected chi connectivity index (χ0v) is 19.4. The van der Waals surface area contributed by atoms with Gasteiger partial charge in [-0.15, -0.1) is 11.3 Å². The summed E-state index contributed by atoms with van der Waals surface area (Å²) in [6.45, 7) is 2.88. The fourth-order valence-corrected chi connectivity index (χ4v) is 6.22. The summed E-state index contributed by atoms with van der Waals surface area (Å²) in [7, 11) is 0. The van der Waals surface area contributed by atoms with Gasteiger partial charge in [-0.05, 0) is 43.2 Å². The van der Waals surface area contributed by atoms with Crippen LogP contribution in [-0.4, -0.2) is 47.1 Å². The fourth-order valence-electron chi connectivity index (χ4n) is 4.82. The van der Waals surface area contributed by atoms with Crippen LogP contribution in [0.1, 0.15) is 16.9 Å². The van der Waals surface area contributed by atoms with Gasteiger partial charge in [0.1, 0.15) is 11.9 Å². The van der Waals surface area contributed by atoms with Crippen molar-refractivity contribution in [3.8, 4) is 16.9 Å². The number of piperidine rings is 1. The zero-order valence-electron chi connectivity index (χ0n) is 17.8. The number of aryl methyl sites for hydroxylation is 1. The number of hydrogen-bond acceptors (Lipinski definition) is 6. The smallest absolute Gasteiger partial charge is 0.233 e. The quantitative estimate of drug-likeness (QED) is 0.550. The Hall–Kier alpha value is -2.55. The molecule has 0 radical (unpaired) electrons. The highest BCUT2D eigenvalue weighted by atomic mass is 35.5. The third-order valence-corrected chi connectivity index (χ3v) is 7.98. The second-order valence-electron chi connectivity index (χ2n) is 8.93. The number of alkyl halides is 1. The molecule has 2 aromatic heterocycles. The molecule has 1 N–H and O–H groups in total. The summed E-state index contributed by atoms with van der Waals surface area (Å²) in [5, 5.41) is 3.58. The second-order valence-corrected chi connectivity index (χ2v) is 10.5. The van der Waals surface area contributed by atoms with Gasteiger partial charge in [0.05, 0.1) is 28.6 Å². The van der Waals surface area contributed by atoms with Gasteiger partial charge in [0, 0.05) is 40.3 Å². The minimum Gasteiger partial charge on any atom is -0.485 e. The lowest BCUT2D eigenvalue weighted by Crippen LogP contribution is -2.31. The number of halogens is 2. The van der Waals surface area contributed by atoms with Gasteiger partial charge in [-0.3, -0.25) is 19.5 Å². The molecule has 3 fully saturated rings. The Labute approximate surface area is 198 Å². The van der Waals surface area contributed by atoms with E-state index in [9.17, 15) is 14.0 Å². The lowest BCUT2D eigenvalue weighted by atomic mass is 10.0. The van der Waals surface area contributed by atoms with Gasteiger partial charge in [0.15, 0.2) is 6.17 Å². The number of aromatic nitrogens is 1. The molecule has 2 saturated heterocycles. The molecule has 4 heterocycles. The molecule has 2 unspecified atom stereocenters. The molecule has 3 aromatic rings. The number of ether oxygens (including phenoxy) is 1. The van der Waals surface area contributed by atoms with E-state index in [2.05, 4.69) is 10.3 Å². The summed E-state index contributed by atoms with van der Waals surface area (Å²) in [4.78, 5) is 31.6. The van der Waals surface area contributed by atoms with E-state index in [1.807, 2.05) is 31.2 Å². The fraction of sp³-hybridized carbons (Fsp3) is 0.375. The third-order valence-electron chi connectivity index (χ3n) is 6.62. The highest BCUT2D eigenvalue weighted by molar-refractivity contribution is 7.19. The summed E-state index contributed by atoms with van der Waals surface area (Å²) >= 11 is 7.90. The molecular formula is C24H21ClFN3O3S. The molecule has 2 amide bonds. The Balaban J connectivity index is 1.39. The Morgan fingerprint density at radius 3 is 2.73 bits per heavy atom. The Kier molecular flexibility index (Phi) is 4.94. The molecular weight excluding hydrogens is 465 g/mol. The Bertz CT molecular complexity index is 1290. The number of imide groups is 1. The average Bonchev–Trinajstić information content (AvgIpc) is 3.22. The Morgan fingerprint density at radius 2 is 2.00 bits per heavy atom. The highest BCUT2D eigenvalue weighted by Crippen LogP contribution is 2.48. The predicted octanol–water partition coefficient (Wildman–Crippen LogP) is 4.12. The number of carbonyl (C=O) groups excluding carboxylic acids is 2. The maximum atomic E-state index is 14.3. The topological polar surface area (TPSA) is 71.5 Å². The second kappa shape index (κ2) is 7.75. The van der Waals surface area contributed by atoms with Gasteiger partial charge in [0.2, 0.25) is 11.8 Å². The van der Waals surface area contributed by atoms with Gasteiger partial charge in [-0.2, -0.15) is 0 Å². The van der Waals surface area contributed by atoms with Crippen LogP contribution in [0.3, 0.4) is 0 Å². The number of nitrogens with zero attached hydrogens (tertiary/aromatic N) is 2. The number of hydrogen-bond donors (Lipinski definition) is 1. The first-order valence-electron chi connectivity index (χ1n) is 11.0. The van der Waals surface area contributed by atoms with E-state index in [-0.39, 0.29) is 36.7 Å². The van der Waals surface area contributed by atoms with Crippen molar-refractivity contribution in [2.24, 2.45) is 11.8 Å². The van der Waals surface area contributed by atoms with Crippen molar-refractivity contribution in [2.45, 2.75) is 32.2 Å². The van der Waals surface area contributed by atoms with Crippen molar-refractivity contribution in [3.63, 3.8) is 0 Å². The highest BCUT2D eigenvalue weighted by Gasteiger charge is 2.58. The first-order valence-corrected chi connectivity index (χ1v) is 12.1. The summed E-state index contributed by atoms with van der Waals surface area (Å²) in [5.74, 6) is 0.242. The van der Waals surface area contributed by atoms with Crippen LogP contribution in [0.15, 0.2) is 30.5 Å². The van der Waals surface area contributed by atoms with E-state index in [0.717, 1.165) is 31.8 Å². The number of pyridine rings is 1. The van der Waals surface area contributed by atoms with Crippen LogP contribution in [0, 0.1) is 18.8 Å². The minimum atomic E-state index is -1.08. The maximum absolute atomic E-state index is 14.3. The van der Waals surface area contributed by atoms with E-state index in [1.54, 1.807) is 6.20 Å². The van der Waals surface area contributed by atoms with Gasteiger partial charge < -0.3 is 10.1 Å². The van der Waals surface area contributed by atoms with E-state index >= 15 is 0 Å². The molecule has 2 aliphatic heterocycles. The van der Waals surface area contributed by atoms with Gasteiger partial charge in [-0.1, -0.05) is 11.6 Å². The normalized spacial score (nSPS) is 26.3. The monoisotopic (exact) mass is 485 g/mol. The average molecular weight is 486 g/mol. The molecule has 0 spiro atoms.